The van der Waals surface area contributed by atoms with Crippen molar-refractivity contribution in [1.82, 2.24) is 15.1 Å². The average Bonchev–Trinajstić information content (AvgIpc) is 2.55. The molecule has 116 valence electrons. The minimum atomic E-state index is -0.354. The zero-order valence-electron chi connectivity index (χ0n) is 12.7. The zero-order chi connectivity index (χ0) is 15.9. The number of rotatable bonds is 6. The van der Waals surface area contributed by atoms with Gasteiger partial charge in [0.25, 0.3) is 11.5 Å². The summed E-state index contributed by atoms with van der Waals surface area (Å²) in [6.45, 7) is 2.60. The van der Waals surface area contributed by atoms with Gasteiger partial charge in [0.2, 0.25) is 0 Å². The van der Waals surface area contributed by atoms with E-state index in [9.17, 15) is 9.59 Å². The second-order valence-corrected chi connectivity index (χ2v) is 4.76. The van der Waals surface area contributed by atoms with E-state index < -0.39 is 0 Å². The molecule has 0 aliphatic rings. The molecule has 0 spiro atoms. The van der Waals surface area contributed by atoms with Crippen LogP contribution >= 0.6 is 0 Å². The van der Waals surface area contributed by atoms with Crippen molar-refractivity contribution < 1.29 is 9.53 Å². The third kappa shape index (κ3) is 3.52. The molecule has 0 fully saturated rings. The fraction of sp³-hybridized carbons (Fsp3) is 0.312. The van der Waals surface area contributed by atoms with Crippen molar-refractivity contribution in [2.45, 2.75) is 19.8 Å². The Morgan fingerprint density at radius 1 is 1.32 bits per heavy atom. The summed E-state index contributed by atoms with van der Waals surface area (Å²) in [7, 11) is 1.41. The first-order valence-electron chi connectivity index (χ1n) is 7.19. The Kier molecular flexibility index (Phi) is 5.30. The van der Waals surface area contributed by atoms with Crippen molar-refractivity contribution in [2.24, 2.45) is 0 Å². The van der Waals surface area contributed by atoms with Crippen molar-refractivity contribution in [3.8, 4) is 11.4 Å². The van der Waals surface area contributed by atoms with E-state index in [2.05, 4.69) is 10.4 Å². The maximum atomic E-state index is 12.2. The lowest BCUT2D eigenvalue weighted by Crippen LogP contribution is -2.30. The largest absolute Gasteiger partial charge is 0.494 e. The third-order valence-electron chi connectivity index (χ3n) is 3.15. The van der Waals surface area contributed by atoms with Crippen LogP contribution in [0.1, 0.15) is 30.3 Å². The normalized spacial score (nSPS) is 10.3. The van der Waals surface area contributed by atoms with Gasteiger partial charge in [0.15, 0.2) is 11.4 Å². The van der Waals surface area contributed by atoms with Crippen LogP contribution in [0.25, 0.3) is 5.69 Å². The number of para-hydroxylation sites is 1. The van der Waals surface area contributed by atoms with Crippen molar-refractivity contribution in [2.75, 3.05) is 13.7 Å². The Morgan fingerprint density at radius 3 is 2.68 bits per heavy atom. The van der Waals surface area contributed by atoms with Gasteiger partial charge in [-0.1, -0.05) is 31.5 Å². The molecule has 0 atom stereocenters. The van der Waals surface area contributed by atoms with Gasteiger partial charge in [0, 0.05) is 6.54 Å². The predicted octanol–water partition coefficient (Wildman–Crippen LogP) is 1.77. The average molecular weight is 301 g/mol. The molecule has 0 unspecified atom stereocenters. The van der Waals surface area contributed by atoms with Crippen LogP contribution in [-0.4, -0.2) is 29.3 Å². The van der Waals surface area contributed by atoms with Crippen LogP contribution in [0.2, 0.25) is 0 Å². The highest BCUT2D eigenvalue weighted by Gasteiger charge is 2.17. The molecule has 1 amide bonds. The molecule has 1 aromatic heterocycles. The lowest BCUT2D eigenvalue weighted by Gasteiger charge is -2.11. The second kappa shape index (κ2) is 7.40. The molecule has 2 aromatic rings. The summed E-state index contributed by atoms with van der Waals surface area (Å²) in [6, 6.07) is 10.2. The molecular formula is C16H19N3O3. The molecule has 22 heavy (non-hydrogen) atoms. The number of unbranched alkanes of at least 4 members (excludes halogenated alkanes) is 1. The molecule has 6 nitrogen and oxygen atoms in total. The van der Waals surface area contributed by atoms with E-state index in [0.717, 1.165) is 12.8 Å². The predicted molar refractivity (Wildman–Crippen MR) is 83.6 cm³/mol. The Morgan fingerprint density at radius 2 is 2.05 bits per heavy atom. The number of hydrogen-bond acceptors (Lipinski definition) is 4. The van der Waals surface area contributed by atoms with Gasteiger partial charge in [-0.2, -0.15) is 9.78 Å². The lowest BCUT2D eigenvalue weighted by molar-refractivity contribution is 0.0942. The molecule has 1 aromatic carbocycles. The van der Waals surface area contributed by atoms with Crippen LogP contribution in [0.15, 0.2) is 41.2 Å². The molecule has 1 heterocycles. The van der Waals surface area contributed by atoms with E-state index in [-0.39, 0.29) is 22.9 Å². The number of carbonyl (C=O) groups is 1. The molecule has 0 aliphatic heterocycles. The lowest BCUT2D eigenvalue weighted by atomic mass is 10.3. The van der Waals surface area contributed by atoms with Gasteiger partial charge >= 0.3 is 0 Å². The van der Waals surface area contributed by atoms with E-state index in [1.54, 1.807) is 24.3 Å². The van der Waals surface area contributed by atoms with Crippen molar-refractivity contribution in [1.29, 1.82) is 0 Å². The molecule has 2 rings (SSSR count). The summed E-state index contributed by atoms with van der Waals surface area (Å²) in [5, 5.41) is 6.94. The first-order valence-corrected chi connectivity index (χ1v) is 7.19. The van der Waals surface area contributed by atoms with Crippen LogP contribution < -0.4 is 15.6 Å². The fourth-order valence-corrected chi connectivity index (χ4v) is 1.97. The number of nitrogens with one attached hydrogen (secondary N) is 1. The van der Waals surface area contributed by atoms with Crippen LogP contribution in [0, 0.1) is 0 Å². The molecule has 0 radical (unpaired) electrons. The van der Waals surface area contributed by atoms with Gasteiger partial charge in [-0.05, 0) is 18.6 Å². The smallest absolute Gasteiger partial charge is 0.275 e. The Hall–Kier alpha value is -2.63. The zero-order valence-corrected chi connectivity index (χ0v) is 12.7. The summed E-state index contributed by atoms with van der Waals surface area (Å²) in [6.07, 6.45) is 1.86. The number of carbonyl (C=O) groups excluding carboxylic acids is 1. The van der Waals surface area contributed by atoms with E-state index in [4.69, 9.17) is 4.74 Å². The van der Waals surface area contributed by atoms with Crippen molar-refractivity contribution in [3.05, 3.63) is 52.4 Å². The van der Waals surface area contributed by atoms with Gasteiger partial charge in [-0.3, -0.25) is 9.59 Å². The van der Waals surface area contributed by atoms with Crippen molar-refractivity contribution in [3.63, 3.8) is 0 Å². The Bertz CT molecular complexity index is 696. The minimum absolute atomic E-state index is 0.0991. The van der Waals surface area contributed by atoms with Gasteiger partial charge in [0.05, 0.1) is 18.9 Å². The number of hydrogen-bond donors (Lipinski definition) is 1. The standard InChI is InChI=1S/C16H19N3O3/c1-3-4-10-17-16(21)15-13(22-2)11-14(20)19(18-15)12-8-6-5-7-9-12/h5-9,11H,3-4,10H2,1-2H3,(H,17,21). The fourth-order valence-electron chi connectivity index (χ4n) is 1.97. The van der Waals surface area contributed by atoms with Crippen LogP contribution in [0.3, 0.4) is 0 Å². The molecule has 0 saturated carbocycles. The summed E-state index contributed by atoms with van der Waals surface area (Å²) >= 11 is 0. The maximum Gasteiger partial charge on any atom is 0.275 e. The topological polar surface area (TPSA) is 73.2 Å². The summed E-state index contributed by atoms with van der Waals surface area (Å²) in [5.41, 5.74) is 0.341. The van der Waals surface area contributed by atoms with Gasteiger partial charge < -0.3 is 10.1 Å². The highest BCUT2D eigenvalue weighted by Crippen LogP contribution is 2.14. The maximum absolute atomic E-state index is 12.2. The van der Waals surface area contributed by atoms with Crippen LogP contribution in [-0.2, 0) is 0 Å². The monoisotopic (exact) mass is 301 g/mol. The van der Waals surface area contributed by atoms with Gasteiger partial charge in [0.1, 0.15) is 0 Å². The first-order chi connectivity index (χ1) is 10.7. The SMILES string of the molecule is CCCCNC(=O)c1nn(-c2ccccc2)c(=O)cc1OC. The molecule has 1 N–H and O–H groups in total. The number of ether oxygens (including phenoxy) is 1. The summed E-state index contributed by atoms with van der Waals surface area (Å²) < 4.78 is 6.30. The summed E-state index contributed by atoms with van der Waals surface area (Å²) in [5.74, 6) is -0.179. The molecule has 6 heteroatoms. The van der Waals surface area contributed by atoms with Crippen LogP contribution in [0.4, 0.5) is 0 Å². The Labute approximate surface area is 128 Å². The number of methoxy groups -OCH3 is 1. The second-order valence-electron chi connectivity index (χ2n) is 4.76. The van der Waals surface area contributed by atoms with E-state index in [1.807, 2.05) is 13.0 Å². The quantitative estimate of drug-likeness (QED) is 0.825. The Balaban J connectivity index is 2.40. The highest BCUT2D eigenvalue weighted by atomic mass is 16.5. The minimum Gasteiger partial charge on any atom is -0.494 e. The van der Waals surface area contributed by atoms with Gasteiger partial charge in [-0.25, -0.2) is 0 Å². The molecular weight excluding hydrogens is 282 g/mol. The summed E-state index contributed by atoms with van der Waals surface area (Å²) in [4.78, 5) is 24.3. The number of benzene rings is 1. The molecule has 0 bridgehead atoms. The highest BCUT2D eigenvalue weighted by molar-refractivity contribution is 5.94. The van der Waals surface area contributed by atoms with E-state index >= 15 is 0 Å². The van der Waals surface area contributed by atoms with Gasteiger partial charge in [-0.15, -0.1) is 0 Å². The number of aromatic nitrogens is 2. The van der Waals surface area contributed by atoms with Crippen molar-refractivity contribution >= 4 is 5.91 Å². The third-order valence-corrected chi connectivity index (χ3v) is 3.15. The first kappa shape index (κ1) is 15.8. The number of nitrogens with zero attached hydrogens (tertiary/aromatic N) is 2. The molecule has 0 aliphatic carbocycles. The number of amides is 1. The van der Waals surface area contributed by atoms with E-state index in [1.165, 1.54) is 17.9 Å². The molecule has 0 saturated heterocycles. The van der Waals surface area contributed by atoms with Crippen LogP contribution in [0.5, 0.6) is 5.75 Å². The van der Waals surface area contributed by atoms with E-state index in [0.29, 0.717) is 12.2 Å².